The van der Waals surface area contributed by atoms with Crippen LogP contribution in [0.4, 0.5) is 0 Å². The molecule has 9 heteroatoms. The summed E-state index contributed by atoms with van der Waals surface area (Å²) in [5.74, 6) is 1.05. The molecule has 164 valence electrons. The molecule has 0 N–H and O–H groups in total. The zero-order valence-electron chi connectivity index (χ0n) is 17.5. The van der Waals surface area contributed by atoms with Gasteiger partial charge in [-0.2, -0.15) is 0 Å². The van der Waals surface area contributed by atoms with Crippen LogP contribution in [0.5, 0.6) is 0 Å². The maximum Gasteiger partial charge on any atom is 0.233 e. The van der Waals surface area contributed by atoms with Gasteiger partial charge >= 0.3 is 0 Å². The third kappa shape index (κ3) is 4.94. The average molecular weight is 476 g/mol. The van der Waals surface area contributed by atoms with Gasteiger partial charge in [0.15, 0.2) is 15.7 Å². The lowest BCUT2D eigenvalue weighted by molar-refractivity contribution is -0.132. The van der Waals surface area contributed by atoms with Crippen molar-refractivity contribution in [1.29, 1.82) is 0 Å². The van der Waals surface area contributed by atoms with Gasteiger partial charge in [-0.15, -0.1) is 11.3 Å². The molecule has 0 aliphatic carbocycles. The lowest BCUT2D eigenvalue weighted by atomic mass is 10.1. The van der Waals surface area contributed by atoms with E-state index in [-0.39, 0.29) is 35.2 Å². The molecule has 0 radical (unpaired) electrons. The van der Waals surface area contributed by atoms with Gasteiger partial charge in [0.25, 0.3) is 0 Å². The molecule has 1 amide bonds. The summed E-state index contributed by atoms with van der Waals surface area (Å²) in [6.07, 6.45) is 1.30. The van der Waals surface area contributed by atoms with E-state index in [4.69, 9.17) is 4.98 Å². The van der Waals surface area contributed by atoms with Crippen molar-refractivity contribution in [1.82, 2.24) is 14.9 Å². The van der Waals surface area contributed by atoms with Crippen molar-refractivity contribution in [3.63, 3.8) is 0 Å². The molecule has 2 aromatic heterocycles. The fraction of sp³-hybridized carbons (Fsp3) is 0.409. The van der Waals surface area contributed by atoms with Crippen LogP contribution in [0.1, 0.15) is 26.7 Å². The van der Waals surface area contributed by atoms with Crippen LogP contribution in [0.25, 0.3) is 21.6 Å². The topological polar surface area (TPSA) is 80.2 Å². The minimum absolute atomic E-state index is 0.00442. The molecule has 1 aromatic carbocycles. The molecule has 3 aromatic rings. The fourth-order valence-corrected chi connectivity index (χ4v) is 7.14. The molecule has 0 spiro atoms. The number of para-hydroxylation sites is 1. The largest absolute Gasteiger partial charge is 0.335 e. The van der Waals surface area contributed by atoms with E-state index in [2.05, 4.69) is 4.98 Å². The Morgan fingerprint density at radius 3 is 2.74 bits per heavy atom. The molecule has 1 fully saturated rings. The van der Waals surface area contributed by atoms with Crippen LogP contribution in [0, 0.1) is 0 Å². The number of sulfone groups is 1. The second-order valence-corrected chi connectivity index (χ2v) is 11.9. The quantitative estimate of drug-likeness (QED) is 0.375. The number of benzene rings is 1. The summed E-state index contributed by atoms with van der Waals surface area (Å²) in [4.78, 5) is 25.4. The van der Waals surface area contributed by atoms with Crippen molar-refractivity contribution in [2.24, 2.45) is 0 Å². The SMILES string of the molecule is CC[C@@H](C)N(C(=O)CSc1nc(-c2cccs2)nc2ccccc12)[C@H]1CCS(=O)(=O)C1. The van der Waals surface area contributed by atoms with Crippen LogP contribution in [0.2, 0.25) is 0 Å². The number of thioether (sulfide) groups is 1. The van der Waals surface area contributed by atoms with E-state index in [1.54, 1.807) is 16.2 Å². The Bertz CT molecular complexity index is 1180. The van der Waals surface area contributed by atoms with E-state index in [9.17, 15) is 13.2 Å². The normalized spacial score (nSPS) is 18.8. The van der Waals surface area contributed by atoms with E-state index in [0.29, 0.717) is 12.2 Å². The summed E-state index contributed by atoms with van der Waals surface area (Å²) in [7, 11) is -3.06. The highest BCUT2D eigenvalue weighted by atomic mass is 32.2. The molecule has 0 bridgehead atoms. The Balaban J connectivity index is 1.59. The van der Waals surface area contributed by atoms with E-state index in [0.717, 1.165) is 27.2 Å². The highest BCUT2D eigenvalue weighted by Crippen LogP contribution is 2.31. The van der Waals surface area contributed by atoms with Crippen molar-refractivity contribution in [2.75, 3.05) is 17.3 Å². The van der Waals surface area contributed by atoms with Gasteiger partial charge in [-0.1, -0.05) is 43.0 Å². The van der Waals surface area contributed by atoms with Crippen LogP contribution >= 0.6 is 23.1 Å². The van der Waals surface area contributed by atoms with Crippen molar-refractivity contribution >= 4 is 49.7 Å². The fourth-order valence-electron chi connectivity index (χ4n) is 3.88. The number of carbonyl (C=O) groups is 1. The number of amides is 1. The van der Waals surface area contributed by atoms with Crippen LogP contribution < -0.4 is 0 Å². The van der Waals surface area contributed by atoms with E-state index >= 15 is 0 Å². The molecule has 4 rings (SSSR count). The highest BCUT2D eigenvalue weighted by Gasteiger charge is 2.36. The van der Waals surface area contributed by atoms with Gasteiger partial charge in [0.1, 0.15) is 5.03 Å². The zero-order valence-corrected chi connectivity index (χ0v) is 20.0. The van der Waals surface area contributed by atoms with Crippen LogP contribution in [0.3, 0.4) is 0 Å². The zero-order chi connectivity index (χ0) is 22.0. The number of fused-ring (bicyclic) bond motifs is 1. The number of rotatable bonds is 7. The van der Waals surface area contributed by atoms with E-state index in [1.807, 2.05) is 55.6 Å². The van der Waals surface area contributed by atoms with Gasteiger partial charge in [-0.25, -0.2) is 18.4 Å². The third-order valence-electron chi connectivity index (χ3n) is 5.60. The van der Waals surface area contributed by atoms with Gasteiger partial charge in [-0.05, 0) is 37.3 Å². The molecule has 31 heavy (non-hydrogen) atoms. The molecule has 0 unspecified atom stereocenters. The first-order valence-electron chi connectivity index (χ1n) is 10.3. The maximum atomic E-state index is 13.2. The minimum Gasteiger partial charge on any atom is -0.335 e. The summed E-state index contributed by atoms with van der Waals surface area (Å²) in [6.45, 7) is 4.01. The van der Waals surface area contributed by atoms with E-state index in [1.165, 1.54) is 11.8 Å². The van der Waals surface area contributed by atoms with Crippen molar-refractivity contribution in [3.05, 3.63) is 41.8 Å². The predicted octanol–water partition coefficient (Wildman–Crippen LogP) is 4.26. The van der Waals surface area contributed by atoms with Crippen LogP contribution in [0.15, 0.2) is 46.8 Å². The number of hydrogen-bond acceptors (Lipinski definition) is 7. The first-order valence-corrected chi connectivity index (χ1v) is 14.0. The summed E-state index contributed by atoms with van der Waals surface area (Å²) in [5.41, 5.74) is 0.844. The Hall–Kier alpha value is -1.97. The van der Waals surface area contributed by atoms with Crippen molar-refractivity contribution in [3.8, 4) is 10.7 Å². The Morgan fingerprint density at radius 2 is 2.06 bits per heavy atom. The molecule has 2 atom stereocenters. The maximum absolute atomic E-state index is 13.2. The average Bonchev–Trinajstić information content (AvgIpc) is 3.41. The lowest BCUT2D eigenvalue weighted by Crippen LogP contribution is -2.47. The van der Waals surface area contributed by atoms with E-state index < -0.39 is 9.84 Å². The first kappa shape index (κ1) is 22.2. The molecule has 1 saturated heterocycles. The molecule has 3 heterocycles. The highest BCUT2D eigenvalue weighted by molar-refractivity contribution is 8.00. The number of carbonyl (C=O) groups excluding carboxylic acids is 1. The van der Waals surface area contributed by atoms with Gasteiger partial charge in [0, 0.05) is 17.5 Å². The second kappa shape index (κ2) is 9.26. The summed E-state index contributed by atoms with van der Waals surface area (Å²) < 4.78 is 24.0. The first-order chi connectivity index (χ1) is 14.9. The molecular formula is C22H25N3O3S3. The summed E-state index contributed by atoms with van der Waals surface area (Å²) >= 11 is 2.98. The Kier molecular flexibility index (Phi) is 6.64. The van der Waals surface area contributed by atoms with Crippen LogP contribution in [-0.2, 0) is 14.6 Å². The molecule has 1 aliphatic heterocycles. The Labute approximate surface area is 191 Å². The second-order valence-electron chi connectivity index (χ2n) is 7.75. The molecular weight excluding hydrogens is 450 g/mol. The summed E-state index contributed by atoms with van der Waals surface area (Å²) in [5, 5.41) is 3.67. The number of aromatic nitrogens is 2. The standard InChI is InChI=1S/C22H25N3O3S3/c1-3-15(2)25(16-10-12-31(27,28)14-16)20(26)13-30-22-17-7-4-5-8-18(17)23-21(24-22)19-9-6-11-29-19/h4-9,11,15-16H,3,10,12-14H2,1-2H3/t15-,16+/m1/s1. The number of nitrogens with zero attached hydrogens (tertiary/aromatic N) is 3. The predicted molar refractivity (Wildman–Crippen MR) is 127 cm³/mol. The lowest BCUT2D eigenvalue weighted by Gasteiger charge is -2.33. The van der Waals surface area contributed by atoms with Gasteiger partial charge in [0.2, 0.25) is 5.91 Å². The molecule has 6 nitrogen and oxygen atoms in total. The number of hydrogen-bond donors (Lipinski definition) is 0. The smallest absolute Gasteiger partial charge is 0.233 e. The Morgan fingerprint density at radius 1 is 1.26 bits per heavy atom. The van der Waals surface area contributed by atoms with Crippen molar-refractivity contribution in [2.45, 2.75) is 43.8 Å². The van der Waals surface area contributed by atoms with Gasteiger partial charge in [-0.3, -0.25) is 4.79 Å². The molecule has 0 saturated carbocycles. The van der Waals surface area contributed by atoms with Gasteiger partial charge < -0.3 is 4.90 Å². The number of thiophene rings is 1. The summed E-state index contributed by atoms with van der Waals surface area (Å²) in [6, 6.07) is 11.5. The third-order valence-corrected chi connectivity index (χ3v) is 9.19. The van der Waals surface area contributed by atoms with Crippen molar-refractivity contribution < 1.29 is 13.2 Å². The van der Waals surface area contributed by atoms with Gasteiger partial charge in [0.05, 0.1) is 27.7 Å². The van der Waals surface area contributed by atoms with Crippen LogP contribution in [-0.4, -0.2) is 58.5 Å². The monoisotopic (exact) mass is 475 g/mol. The minimum atomic E-state index is -3.06. The molecule has 1 aliphatic rings.